The third-order valence-electron chi connectivity index (χ3n) is 3.50. The van der Waals surface area contributed by atoms with Gasteiger partial charge in [0.15, 0.2) is 0 Å². The summed E-state index contributed by atoms with van der Waals surface area (Å²) in [6.45, 7) is 2.56. The van der Waals surface area contributed by atoms with Crippen molar-refractivity contribution in [3.05, 3.63) is 0 Å². The maximum atomic E-state index is 12.5. The Morgan fingerprint density at radius 1 is 1.53 bits per heavy atom. The summed E-state index contributed by atoms with van der Waals surface area (Å²) in [5.41, 5.74) is 0. The van der Waals surface area contributed by atoms with Gasteiger partial charge in [0.2, 0.25) is 0 Å². The summed E-state index contributed by atoms with van der Waals surface area (Å²) in [6, 6.07) is -0.968. The first-order valence-electron chi connectivity index (χ1n) is 6.45. The largest absolute Gasteiger partial charge is 0.480 e. The van der Waals surface area contributed by atoms with Crippen molar-refractivity contribution in [3.63, 3.8) is 0 Å². The quantitative estimate of drug-likeness (QED) is 0.790. The molecule has 1 saturated carbocycles. The van der Waals surface area contributed by atoms with Crippen molar-refractivity contribution in [2.45, 2.75) is 31.2 Å². The van der Waals surface area contributed by atoms with E-state index in [2.05, 4.69) is 5.92 Å². The normalized spacial score (nSPS) is 26.0. The fraction of sp³-hybridized carbons (Fsp3) is 0.692. The number of amides is 2. The van der Waals surface area contributed by atoms with Gasteiger partial charge in [-0.15, -0.1) is 18.2 Å². The second-order valence-corrected chi connectivity index (χ2v) is 5.97. The second-order valence-electron chi connectivity index (χ2n) is 4.82. The minimum atomic E-state index is -0.930. The second kappa shape index (κ2) is 5.74. The lowest BCUT2D eigenvalue weighted by Crippen LogP contribution is -2.52. The van der Waals surface area contributed by atoms with E-state index in [0.29, 0.717) is 18.2 Å². The predicted octanol–water partition coefficient (Wildman–Crippen LogP) is 1.30. The molecule has 1 aliphatic heterocycles. The molecule has 2 fully saturated rings. The number of hydrogen-bond donors (Lipinski definition) is 1. The molecule has 0 radical (unpaired) electrons. The summed E-state index contributed by atoms with van der Waals surface area (Å²) in [7, 11) is 0. The van der Waals surface area contributed by atoms with E-state index in [1.165, 1.54) is 9.80 Å². The Balaban J connectivity index is 2.17. The van der Waals surface area contributed by atoms with Crippen LogP contribution in [0, 0.1) is 18.3 Å². The molecule has 104 valence electrons. The number of carbonyl (C=O) groups is 2. The molecular formula is C13H18N2O3S. The van der Waals surface area contributed by atoms with Crippen molar-refractivity contribution in [1.29, 1.82) is 0 Å². The average Bonchev–Trinajstić information content (AvgIpc) is 3.13. The molecule has 1 N–H and O–H groups in total. The van der Waals surface area contributed by atoms with E-state index in [1.54, 1.807) is 11.8 Å². The number of hydrogen-bond acceptors (Lipinski definition) is 3. The summed E-state index contributed by atoms with van der Waals surface area (Å²) in [6.07, 6.45) is 7.42. The van der Waals surface area contributed by atoms with Gasteiger partial charge in [-0.1, -0.05) is 5.92 Å². The highest BCUT2D eigenvalue weighted by Gasteiger charge is 2.48. The van der Waals surface area contributed by atoms with Gasteiger partial charge in [0, 0.05) is 12.3 Å². The molecule has 6 heteroatoms. The number of thioether (sulfide) groups is 1. The predicted molar refractivity (Wildman–Crippen MR) is 73.7 cm³/mol. The molecule has 2 atom stereocenters. The molecule has 0 aromatic heterocycles. The third kappa shape index (κ3) is 2.81. The standard InChI is InChI=1S/C13H18N2O3S/c1-3-7-14(4-2)13(18)15-10(12(16)17)8-19-11(15)9-5-6-9/h1,9-11H,4-8H2,2H3,(H,16,17). The van der Waals surface area contributed by atoms with Gasteiger partial charge in [0.25, 0.3) is 0 Å². The Bertz CT molecular complexity index is 417. The van der Waals surface area contributed by atoms with Crippen molar-refractivity contribution >= 4 is 23.8 Å². The van der Waals surface area contributed by atoms with Crippen LogP contribution in [0.2, 0.25) is 0 Å². The number of urea groups is 1. The van der Waals surface area contributed by atoms with Gasteiger partial charge in [-0.25, -0.2) is 9.59 Å². The molecular weight excluding hydrogens is 264 g/mol. The van der Waals surface area contributed by atoms with Crippen molar-refractivity contribution in [3.8, 4) is 12.3 Å². The zero-order valence-electron chi connectivity index (χ0n) is 10.9. The Labute approximate surface area is 117 Å². The third-order valence-corrected chi connectivity index (χ3v) is 4.96. The van der Waals surface area contributed by atoms with Gasteiger partial charge < -0.3 is 10.0 Å². The van der Waals surface area contributed by atoms with Crippen molar-refractivity contribution in [2.75, 3.05) is 18.8 Å². The molecule has 1 aliphatic carbocycles. The van der Waals surface area contributed by atoms with Crippen molar-refractivity contribution in [2.24, 2.45) is 5.92 Å². The fourth-order valence-corrected chi connectivity index (χ4v) is 3.92. The topological polar surface area (TPSA) is 60.9 Å². The van der Waals surface area contributed by atoms with Crippen molar-refractivity contribution < 1.29 is 14.7 Å². The lowest BCUT2D eigenvalue weighted by Gasteiger charge is -2.32. The molecule has 0 aromatic carbocycles. The zero-order chi connectivity index (χ0) is 14.0. The number of terminal acetylenes is 1. The molecule has 19 heavy (non-hydrogen) atoms. The molecule has 0 aromatic rings. The number of carboxylic acids is 1. The van der Waals surface area contributed by atoms with Crippen LogP contribution in [0.25, 0.3) is 0 Å². The first-order chi connectivity index (χ1) is 9.10. The van der Waals surface area contributed by atoms with Crippen LogP contribution in [0.3, 0.4) is 0 Å². The van der Waals surface area contributed by atoms with Gasteiger partial charge in [-0.3, -0.25) is 4.90 Å². The average molecular weight is 282 g/mol. The van der Waals surface area contributed by atoms with E-state index < -0.39 is 12.0 Å². The molecule has 2 aliphatic rings. The first-order valence-corrected chi connectivity index (χ1v) is 7.50. The molecule has 1 heterocycles. The van der Waals surface area contributed by atoms with Crippen LogP contribution in [-0.2, 0) is 4.79 Å². The van der Waals surface area contributed by atoms with E-state index in [4.69, 9.17) is 6.42 Å². The highest BCUT2D eigenvalue weighted by Crippen LogP contribution is 2.45. The summed E-state index contributed by atoms with van der Waals surface area (Å²) >= 11 is 1.58. The SMILES string of the molecule is C#CCN(CC)C(=O)N1C(C(=O)O)CSC1C1CC1. The Hall–Kier alpha value is -1.35. The van der Waals surface area contributed by atoms with Crippen LogP contribution < -0.4 is 0 Å². The number of carboxylic acid groups (broad SMARTS) is 1. The van der Waals surface area contributed by atoms with Gasteiger partial charge >= 0.3 is 12.0 Å². The minimum absolute atomic E-state index is 0.000393. The highest BCUT2D eigenvalue weighted by molar-refractivity contribution is 8.00. The van der Waals surface area contributed by atoms with Crippen LogP contribution in [0.15, 0.2) is 0 Å². The number of nitrogens with zero attached hydrogens (tertiary/aromatic N) is 2. The minimum Gasteiger partial charge on any atom is -0.480 e. The zero-order valence-corrected chi connectivity index (χ0v) is 11.7. The van der Waals surface area contributed by atoms with Gasteiger partial charge in [0.05, 0.1) is 11.9 Å². The molecule has 2 rings (SSSR count). The van der Waals surface area contributed by atoms with Crippen LogP contribution in [-0.4, -0.2) is 57.2 Å². The van der Waals surface area contributed by atoms with Crippen LogP contribution in [0.4, 0.5) is 4.79 Å². The lowest BCUT2D eigenvalue weighted by molar-refractivity contribution is -0.141. The molecule has 0 spiro atoms. The van der Waals surface area contributed by atoms with Crippen molar-refractivity contribution in [1.82, 2.24) is 9.80 Å². The smallest absolute Gasteiger partial charge is 0.327 e. The van der Waals surface area contributed by atoms with Crippen LogP contribution >= 0.6 is 11.8 Å². The Morgan fingerprint density at radius 2 is 2.21 bits per heavy atom. The van der Waals surface area contributed by atoms with E-state index in [9.17, 15) is 14.7 Å². The van der Waals surface area contributed by atoms with Crippen LogP contribution in [0.1, 0.15) is 19.8 Å². The summed E-state index contributed by atoms with van der Waals surface area (Å²) in [5, 5.41) is 9.27. The van der Waals surface area contributed by atoms with E-state index in [1.807, 2.05) is 6.92 Å². The molecule has 2 unspecified atom stereocenters. The summed E-state index contributed by atoms with van der Waals surface area (Å²) in [5.74, 6) is 2.44. The number of aliphatic carboxylic acids is 1. The van der Waals surface area contributed by atoms with Gasteiger partial charge in [0.1, 0.15) is 6.04 Å². The Morgan fingerprint density at radius 3 is 2.68 bits per heavy atom. The van der Waals surface area contributed by atoms with E-state index in [0.717, 1.165) is 12.8 Å². The number of rotatable bonds is 4. The molecule has 2 amide bonds. The van der Waals surface area contributed by atoms with Gasteiger partial charge in [-0.2, -0.15) is 0 Å². The molecule has 5 nitrogen and oxygen atoms in total. The van der Waals surface area contributed by atoms with Gasteiger partial charge in [-0.05, 0) is 25.7 Å². The highest BCUT2D eigenvalue weighted by atomic mass is 32.2. The van der Waals surface area contributed by atoms with E-state index in [-0.39, 0.29) is 17.9 Å². The fourth-order valence-electron chi connectivity index (χ4n) is 2.29. The lowest BCUT2D eigenvalue weighted by atomic mass is 10.2. The Kier molecular flexibility index (Phi) is 4.25. The maximum absolute atomic E-state index is 12.5. The number of carbonyl (C=O) groups excluding carboxylic acids is 1. The monoisotopic (exact) mass is 282 g/mol. The molecule has 0 bridgehead atoms. The maximum Gasteiger partial charge on any atom is 0.327 e. The summed E-state index contributed by atoms with van der Waals surface area (Å²) in [4.78, 5) is 26.9. The first kappa shape index (κ1) is 14.1. The van der Waals surface area contributed by atoms with Crippen LogP contribution in [0.5, 0.6) is 0 Å². The summed E-state index contributed by atoms with van der Waals surface area (Å²) < 4.78 is 0. The van der Waals surface area contributed by atoms with E-state index >= 15 is 0 Å². The molecule has 1 saturated heterocycles.